The average molecular weight is 253 g/mol. The molecule has 0 saturated heterocycles. The van der Waals surface area contributed by atoms with Crippen molar-refractivity contribution in [2.75, 3.05) is 5.32 Å². The maximum absolute atomic E-state index is 5.94. The number of nitrogens with zero attached hydrogens (tertiary/aromatic N) is 1. The summed E-state index contributed by atoms with van der Waals surface area (Å²) in [6.45, 7) is 0. The Morgan fingerprint density at radius 3 is 2.50 bits per heavy atom. The van der Waals surface area contributed by atoms with E-state index in [0.29, 0.717) is 11.0 Å². The van der Waals surface area contributed by atoms with E-state index in [2.05, 4.69) is 10.3 Å². The maximum Gasteiger partial charge on any atom is 0.152 e. The van der Waals surface area contributed by atoms with Crippen molar-refractivity contribution in [3.63, 3.8) is 0 Å². The highest BCUT2D eigenvalue weighted by Gasteiger charge is 2.00. The highest BCUT2D eigenvalue weighted by atomic mass is 35.5. The predicted octanol–water partition coefficient (Wildman–Crippen LogP) is 4.22. The van der Waals surface area contributed by atoms with E-state index in [-0.39, 0.29) is 0 Å². The van der Waals surface area contributed by atoms with E-state index in [4.69, 9.17) is 23.2 Å². The van der Waals surface area contributed by atoms with E-state index in [1.54, 1.807) is 6.20 Å². The molecule has 0 saturated carbocycles. The van der Waals surface area contributed by atoms with Crippen molar-refractivity contribution >= 4 is 34.6 Å². The number of hydrogen-bond donors (Lipinski definition) is 1. The standard InChI is InChI=1S/C12H10Cl2N2/c13-8-9-3-5-10(6-4-9)16-11-2-1-7-15-12(11)14/h1-7,16H,8H2. The minimum absolute atomic E-state index is 0.462. The van der Waals surface area contributed by atoms with Crippen LogP contribution in [0.25, 0.3) is 0 Å². The second-order valence-electron chi connectivity index (χ2n) is 3.30. The van der Waals surface area contributed by atoms with E-state index in [9.17, 15) is 0 Å². The molecule has 16 heavy (non-hydrogen) atoms. The van der Waals surface area contributed by atoms with Gasteiger partial charge in [0, 0.05) is 17.8 Å². The van der Waals surface area contributed by atoms with Crippen LogP contribution >= 0.6 is 23.2 Å². The summed E-state index contributed by atoms with van der Waals surface area (Å²) < 4.78 is 0. The lowest BCUT2D eigenvalue weighted by Crippen LogP contribution is -1.92. The number of aromatic nitrogens is 1. The molecular weight excluding hydrogens is 243 g/mol. The minimum Gasteiger partial charge on any atom is -0.353 e. The lowest BCUT2D eigenvalue weighted by molar-refractivity contribution is 1.32. The molecular formula is C12H10Cl2N2. The van der Waals surface area contributed by atoms with Crippen LogP contribution in [-0.2, 0) is 5.88 Å². The fraction of sp³-hybridized carbons (Fsp3) is 0.0833. The highest BCUT2D eigenvalue weighted by Crippen LogP contribution is 2.23. The van der Waals surface area contributed by atoms with Crippen LogP contribution in [0.4, 0.5) is 11.4 Å². The van der Waals surface area contributed by atoms with Crippen molar-refractivity contribution in [3.05, 3.63) is 53.3 Å². The molecule has 0 radical (unpaired) electrons. The van der Waals surface area contributed by atoms with Gasteiger partial charge in [-0.3, -0.25) is 0 Å². The van der Waals surface area contributed by atoms with Crippen molar-refractivity contribution in [3.8, 4) is 0 Å². The van der Waals surface area contributed by atoms with E-state index in [0.717, 1.165) is 16.9 Å². The summed E-state index contributed by atoms with van der Waals surface area (Å²) >= 11 is 11.7. The zero-order valence-corrected chi connectivity index (χ0v) is 9.96. The minimum atomic E-state index is 0.462. The monoisotopic (exact) mass is 252 g/mol. The Balaban J connectivity index is 2.18. The Morgan fingerprint density at radius 1 is 1.12 bits per heavy atom. The van der Waals surface area contributed by atoms with Gasteiger partial charge in [0.15, 0.2) is 5.15 Å². The van der Waals surface area contributed by atoms with Gasteiger partial charge in [-0.05, 0) is 29.8 Å². The third kappa shape index (κ3) is 2.65. The fourth-order valence-corrected chi connectivity index (χ4v) is 1.66. The van der Waals surface area contributed by atoms with Gasteiger partial charge in [-0.2, -0.15) is 0 Å². The molecule has 0 spiro atoms. The maximum atomic E-state index is 5.94. The molecule has 0 aliphatic carbocycles. The Bertz CT molecular complexity index is 469. The second-order valence-corrected chi connectivity index (χ2v) is 3.92. The van der Waals surface area contributed by atoms with E-state index in [1.165, 1.54) is 0 Å². The summed E-state index contributed by atoms with van der Waals surface area (Å²) in [5, 5.41) is 3.65. The van der Waals surface area contributed by atoms with Crippen LogP contribution in [0.15, 0.2) is 42.6 Å². The average Bonchev–Trinajstić information content (AvgIpc) is 2.33. The Morgan fingerprint density at radius 2 is 1.88 bits per heavy atom. The van der Waals surface area contributed by atoms with Crippen LogP contribution < -0.4 is 5.32 Å². The molecule has 1 N–H and O–H groups in total. The predicted molar refractivity (Wildman–Crippen MR) is 68.5 cm³/mol. The Hall–Kier alpha value is -1.25. The quantitative estimate of drug-likeness (QED) is 0.654. The molecule has 82 valence electrons. The Labute approximate surface area is 104 Å². The van der Waals surface area contributed by atoms with Gasteiger partial charge >= 0.3 is 0 Å². The third-order valence-electron chi connectivity index (χ3n) is 2.15. The highest BCUT2D eigenvalue weighted by molar-refractivity contribution is 6.32. The molecule has 0 fully saturated rings. The number of anilines is 2. The molecule has 0 atom stereocenters. The molecule has 2 rings (SSSR count). The number of alkyl halides is 1. The normalized spacial score (nSPS) is 10.1. The summed E-state index contributed by atoms with van der Waals surface area (Å²) in [7, 11) is 0. The molecule has 1 aromatic heterocycles. The third-order valence-corrected chi connectivity index (χ3v) is 2.76. The number of benzene rings is 1. The smallest absolute Gasteiger partial charge is 0.152 e. The summed E-state index contributed by atoms with van der Waals surface area (Å²) in [6.07, 6.45) is 1.66. The van der Waals surface area contributed by atoms with Gasteiger partial charge in [-0.1, -0.05) is 23.7 Å². The zero-order valence-electron chi connectivity index (χ0n) is 8.45. The number of hydrogen-bond acceptors (Lipinski definition) is 2. The molecule has 1 aromatic carbocycles. The van der Waals surface area contributed by atoms with Gasteiger partial charge in [-0.15, -0.1) is 11.6 Å². The van der Waals surface area contributed by atoms with Crippen molar-refractivity contribution in [2.45, 2.75) is 5.88 Å². The van der Waals surface area contributed by atoms with Crippen LogP contribution in [0.5, 0.6) is 0 Å². The first-order valence-corrected chi connectivity index (χ1v) is 5.73. The van der Waals surface area contributed by atoms with Crippen molar-refractivity contribution in [1.82, 2.24) is 4.98 Å². The van der Waals surface area contributed by atoms with Gasteiger partial charge in [0.25, 0.3) is 0 Å². The number of rotatable bonds is 3. The molecule has 0 aliphatic heterocycles. The zero-order chi connectivity index (χ0) is 11.4. The van der Waals surface area contributed by atoms with Gasteiger partial charge in [0.2, 0.25) is 0 Å². The first kappa shape index (κ1) is 11.2. The number of halogens is 2. The van der Waals surface area contributed by atoms with Crippen molar-refractivity contribution in [1.29, 1.82) is 0 Å². The summed E-state index contributed by atoms with van der Waals surface area (Å²) in [5.41, 5.74) is 2.84. The van der Waals surface area contributed by atoms with Crippen LogP contribution in [0.2, 0.25) is 5.15 Å². The molecule has 0 amide bonds. The number of nitrogens with one attached hydrogen (secondary N) is 1. The molecule has 0 bridgehead atoms. The van der Waals surface area contributed by atoms with Crippen LogP contribution in [0.1, 0.15) is 5.56 Å². The van der Waals surface area contributed by atoms with E-state index < -0.39 is 0 Å². The molecule has 2 nitrogen and oxygen atoms in total. The molecule has 0 aliphatic rings. The van der Waals surface area contributed by atoms with Crippen molar-refractivity contribution < 1.29 is 0 Å². The van der Waals surface area contributed by atoms with Crippen molar-refractivity contribution in [2.24, 2.45) is 0 Å². The van der Waals surface area contributed by atoms with Crippen LogP contribution in [0, 0.1) is 0 Å². The molecule has 1 heterocycles. The van der Waals surface area contributed by atoms with Gasteiger partial charge in [0.1, 0.15) is 0 Å². The van der Waals surface area contributed by atoms with Gasteiger partial charge < -0.3 is 5.32 Å². The molecule has 4 heteroatoms. The summed E-state index contributed by atoms with van der Waals surface area (Å²) in [6, 6.07) is 11.6. The Kier molecular flexibility index (Phi) is 3.65. The first-order valence-electron chi connectivity index (χ1n) is 4.82. The first-order chi connectivity index (χ1) is 7.79. The SMILES string of the molecule is ClCc1ccc(Nc2cccnc2Cl)cc1. The van der Waals surface area contributed by atoms with Gasteiger partial charge in [-0.25, -0.2) is 4.98 Å². The number of pyridine rings is 1. The topological polar surface area (TPSA) is 24.9 Å². The summed E-state index contributed by atoms with van der Waals surface area (Å²) in [4.78, 5) is 3.99. The lowest BCUT2D eigenvalue weighted by Gasteiger charge is -2.07. The molecule has 2 aromatic rings. The fourth-order valence-electron chi connectivity index (χ4n) is 1.31. The largest absolute Gasteiger partial charge is 0.353 e. The van der Waals surface area contributed by atoms with Crippen LogP contribution in [-0.4, -0.2) is 4.98 Å². The van der Waals surface area contributed by atoms with E-state index >= 15 is 0 Å². The van der Waals surface area contributed by atoms with Crippen LogP contribution in [0.3, 0.4) is 0 Å². The van der Waals surface area contributed by atoms with E-state index in [1.807, 2.05) is 36.4 Å². The lowest BCUT2D eigenvalue weighted by atomic mass is 10.2. The molecule has 0 unspecified atom stereocenters. The summed E-state index contributed by atoms with van der Waals surface area (Å²) in [5.74, 6) is 0.522. The second kappa shape index (κ2) is 5.19. The van der Waals surface area contributed by atoms with Gasteiger partial charge in [0.05, 0.1) is 5.69 Å².